The number of hydrogen-bond donors (Lipinski definition) is 3. The van der Waals surface area contributed by atoms with E-state index < -0.39 is 5.60 Å². The lowest BCUT2D eigenvalue weighted by molar-refractivity contribution is 0.106. The molecule has 3 aromatic rings. The summed E-state index contributed by atoms with van der Waals surface area (Å²) in [6, 6.07) is 8.48. The van der Waals surface area contributed by atoms with E-state index >= 15 is 0 Å². The molecule has 0 saturated heterocycles. The molecule has 6 nitrogen and oxygen atoms in total. The fraction of sp³-hybridized carbons (Fsp3) is 0.300. The minimum Gasteiger partial charge on any atom is -0.512 e. The van der Waals surface area contributed by atoms with Gasteiger partial charge < -0.3 is 14.8 Å². The number of nitrogens with one attached hydrogen (secondary N) is 1. The van der Waals surface area contributed by atoms with Gasteiger partial charge in [0.25, 0.3) is 0 Å². The minimum absolute atomic E-state index is 0.131. The van der Waals surface area contributed by atoms with Gasteiger partial charge in [0.1, 0.15) is 0 Å². The first-order chi connectivity index (χ1) is 12.8. The molecular weight excluding hydrogens is 360 g/mol. The van der Waals surface area contributed by atoms with Crippen LogP contribution in [0.4, 0.5) is 0 Å². The average molecular weight is 382 g/mol. The predicted octanol–water partition coefficient (Wildman–Crippen LogP) is 4.45. The lowest BCUT2D eigenvalue weighted by Gasteiger charge is -2.28. The maximum Gasteiger partial charge on any atom is 0.200 e. The van der Waals surface area contributed by atoms with Crippen molar-refractivity contribution in [3.63, 3.8) is 0 Å². The van der Waals surface area contributed by atoms with Crippen LogP contribution in [0.1, 0.15) is 39.1 Å². The van der Waals surface area contributed by atoms with Gasteiger partial charge in [-0.2, -0.15) is 5.10 Å². The molecule has 0 amide bonds. The molecule has 0 radical (unpaired) electrons. The van der Waals surface area contributed by atoms with Crippen LogP contribution < -0.4 is 0 Å². The Balaban J connectivity index is 1.97. The van der Waals surface area contributed by atoms with Gasteiger partial charge in [0.15, 0.2) is 10.6 Å². The molecule has 1 aliphatic rings. The molecule has 1 aliphatic carbocycles. The van der Waals surface area contributed by atoms with E-state index in [1.807, 2.05) is 16.7 Å². The van der Waals surface area contributed by atoms with Gasteiger partial charge >= 0.3 is 0 Å². The van der Waals surface area contributed by atoms with E-state index in [1.54, 1.807) is 19.1 Å². The van der Waals surface area contributed by atoms with Crippen molar-refractivity contribution >= 4 is 28.7 Å². The molecule has 2 heterocycles. The third-order valence-electron chi connectivity index (χ3n) is 5.00. The van der Waals surface area contributed by atoms with E-state index in [2.05, 4.69) is 46.9 Å². The topological polar surface area (TPSA) is 79.0 Å². The first kappa shape index (κ1) is 17.8. The third kappa shape index (κ3) is 2.83. The van der Waals surface area contributed by atoms with Gasteiger partial charge in [-0.25, -0.2) is 0 Å². The molecule has 3 N–H and O–H groups in total. The van der Waals surface area contributed by atoms with Gasteiger partial charge in [-0.1, -0.05) is 6.07 Å². The Hall–Kier alpha value is -2.64. The quantitative estimate of drug-likeness (QED) is 0.585. The number of allylic oxidation sites excluding steroid dienone is 2. The highest BCUT2D eigenvalue weighted by molar-refractivity contribution is 7.71. The van der Waals surface area contributed by atoms with Gasteiger partial charge in [-0.15, -0.1) is 0 Å². The first-order valence-electron chi connectivity index (χ1n) is 8.90. The normalized spacial score (nSPS) is 20.2. The van der Waals surface area contributed by atoms with Gasteiger partial charge in [0.2, 0.25) is 0 Å². The highest BCUT2D eigenvalue weighted by atomic mass is 32.1. The molecule has 7 heteroatoms. The number of aliphatic hydroxyl groups excluding tert-OH is 1. The largest absolute Gasteiger partial charge is 0.512 e. The Bertz CT molecular complexity index is 1140. The number of hydrogen-bond acceptors (Lipinski definition) is 4. The summed E-state index contributed by atoms with van der Waals surface area (Å²) in [6.07, 6.45) is 5.48. The Morgan fingerprint density at radius 2 is 2.04 bits per heavy atom. The van der Waals surface area contributed by atoms with Crippen molar-refractivity contribution in [1.82, 2.24) is 19.3 Å². The van der Waals surface area contributed by atoms with Crippen LogP contribution in [-0.4, -0.2) is 35.1 Å². The van der Waals surface area contributed by atoms with Crippen LogP contribution in [0.3, 0.4) is 0 Å². The van der Waals surface area contributed by atoms with Crippen LogP contribution in [0.2, 0.25) is 0 Å². The molecule has 1 aromatic carbocycles. The van der Waals surface area contributed by atoms with E-state index in [9.17, 15) is 10.2 Å². The molecule has 0 bridgehead atoms. The van der Waals surface area contributed by atoms with Gasteiger partial charge in [0, 0.05) is 29.6 Å². The van der Waals surface area contributed by atoms with Crippen LogP contribution in [0.15, 0.2) is 48.4 Å². The number of nitrogens with zero attached hydrogens (tertiary/aromatic N) is 3. The van der Waals surface area contributed by atoms with E-state index in [4.69, 9.17) is 12.2 Å². The van der Waals surface area contributed by atoms with E-state index in [-0.39, 0.29) is 12.2 Å². The summed E-state index contributed by atoms with van der Waals surface area (Å²) >= 11 is 5.51. The SMILES string of the molecule is CC(C)n1ccc2c(-n3c(C4=CC=C(O)CC4(C)O)n[nH]c3=S)cccc21. The van der Waals surface area contributed by atoms with Crippen molar-refractivity contribution in [3.05, 3.63) is 59.0 Å². The second kappa shape index (κ2) is 6.21. The van der Waals surface area contributed by atoms with Crippen molar-refractivity contribution in [2.24, 2.45) is 0 Å². The Labute approximate surface area is 162 Å². The number of fused-ring (bicyclic) bond motifs is 1. The molecule has 0 saturated carbocycles. The van der Waals surface area contributed by atoms with E-state index in [1.165, 1.54) is 0 Å². The summed E-state index contributed by atoms with van der Waals surface area (Å²) in [6.45, 7) is 5.95. The van der Waals surface area contributed by atoms with Crippen molar-refractivity contribution in [2.45, 2.75) is 38.8 Å². The average Bonchev–Trinajstić information content (AvgIpc) is 3.17. The number of rotatable bonds is 3. The van der Waals surface area contributed by atoms with Gasteiger partial charge in [-0.05, 0) is 63.3 Å². The second-order valence-corrected chi connectivity index (χ2v) is 7.79. The molecule has 1 unspecified atom stereocenters. The van der Waals surface area contributed by atoms with Gasteiger partial charge in [0.05, 0.1) is 22.6 Å². The first-order valence-corrected chi connectivity index (χ1v) is 9.31. The smallest absolute Gasteiger partial charge is 0.200 e. The number of H-pyrrole nitrogens is 1. The number of benzene rings is 1. The molecule has 0 fully saturated rings. The van der Waals surface area contributed by atoms with Crippen LogP contribution in [0.25, 0.3) is 22.2 Å². The maximum atomic E-state index is 10.9. The fourth-order valence-electron chi connectivity index (χ4n) is 3.70. The molecule has 2 aromatic heterocycles. The van der Waals surface area contributed by atoms with Crippen molar-refractivity contribution in [3.8, 4) is 5.69 Å². The third-order valence-corrected chi connectivity index (χ3v) is 5.27. The van der Waals surface area contributed by atoms with Gasteiger partial charge in [-0.3, -0.25) is 9.67 Å². The molecular formula is C20H22N4O2S. The lowest BCUT2D eigenvalue weighted by Crippen LogP contribution is -2.30. The van der Waals surface area contributed by atoms with Crippen LogP contribution >= 0.6 is 12.2 Å². The summed E-state index contributed by atoms with van der Waals surface area (Å²) in [5.74, 6) is 0.680. The zero-order valence-corrected chi connectivity index (χ0v) is 16.3. The number of aliphatic hydroxyl groups is 2. The van der Waals surface area contributed by atoms with Crippen LogP contribution in [0, 0.1) is 4.77 Å². The summed E-state index contributed by atoms with van der Waals surface area (Å²) < 4.78 is 4.50. The molecule has 1 atom stereocenters. The fourth-order valence-corrected chi connectivity index (χ4v) is 3.93. The molecule has 0 spiro atoms. The van der Waals surface area contributed by atoms with Crippen molar-refractivity contribution in [2.75, 3.05) is 0 Å². The Kier molecular flexibility index (Phi) is 4.09. The number of aromatic amines is 1. The standard InChI is InChI=1S/C20H22N4O2S/c1-12(2)23-10-9-14-16(23)5-4-6-17(14)24-18(21-22-19(24)27)15-8-7-13(25)11-20(15,3)26/h4-10,12,25-26H,11H2,1-3H3,(H,22,27). The number of aromatic nitrogens is 4. The summed E-state index contributed by atoms with van der Waals surface area (Å²) in [5, 5.41) is 28.9. The lowest BCUT2D eigenvalue weighted by atomic mass is 9.87. The van der Waals surface area contributed by atoms with Crippen molar-refractivity contribution < 1.29 is 10.2 Å². The van der Waals surface area contributed by atoms with E-state index in [0.29, 0.717) is 22.2 Å². The molecule has 27 heavy (non-hydrogen) atoms. The van der Waals surface area contributed by atoms with E-state index in [0.717, 1.165) is 16.6 Å². The molecule has 4 rings (SSSR count). The Morgan fingerprint density at radius 3 is 2.74 bits per heavy atom. The van der Waals surface area contributed by atoms with Crippen LogP contribution in [0.5, 0.6) is 0 Å². The Morgan fingerprint density at radius 1 is 1.26 bits per heavy atom. The molecule has 0 aliphatic heterocycles. The second-order valence-electron chi connectivity index (χ2n) is 7.40. The maximum absolute atomic E-state index is 10.9. The van der Waals surface area contributed by atoms with Crippen LogP contribution in [-0.2, 0) is 0 Å². The summed E-state index contributed by atoms with van der Waals surface area (Å²) in [4.78, 5) is 0. The van der Waals surface area contributed by atoms with Crippen molar-refractivity contribution in [1.29, 1.82) is 0 Å². The highest BCUT2D eigenvalue weighted by Crippen LogP contribution is 2.36. The highest BCUT2D eigenvalue weighted by Gasteiger charge is 2.34. The zero-order valence-electron chi connectivity index (χ0n) is 15.5. The molecule has 140 valence electrons. The predicted molar refractivity (Wildman–Crippen MR) is 109 cm³/mol. The zero-order chi connectivity index (χ0) is 19.3. The minimum atomic E-state index is -1.24. The summed E-state index contributed by atoms with van der Waals surface area (Å²) in [5.41, 5.74) is 1.37. The monoisotopic (exact) mass is 382 g/mol. The summed E-state index contributed by atoms with van der Waals surface area (Å²) in [7, 11) is 0.